The number of fused-ring (bicyclic) bond motifs is 6. The van der Waals surface area contributed by atoms with E-state index >= 15 is 0 Å². The Bertz CT molecular complexity index is 1820. The first kappa shape index (κ1) is 18.6. The molecule has 0 amide bonds. The molecule has 0 spiro atoms. The SMILES string of the molecule is Clc1ccc2c(c1)[nH]c1cc(-c3cccc4c3c3ccccc3n4-c3ccccc3)ccc12. The fraction of sp³-hybridized carbons (Fsp3) is 0. The molecular weight excluding hydrogens is 424 g/mol. The Balaban J connectivity index is 1.54. The summed E-state index contributed by atoms with van der Waals surface area (Å²) in [5.41, 5.74) is 8.21. The normalized spacial score (nSPS) is 11.8. The second-order valence-electron chi connectivity index (χ2n) is 8.46. The average molecular weight is 443 g/mol. The van der Waals surface area contributed by atoms with Crippen LogP contribution in [0.5, 0.6) is 0 Å². The Labute approximate surface area is 195 Å². The van der Waals surface area contributed by atoms with Crippen molar-refractivity contribution in [1.29, 1.82) is 0 Å². The van der Waals surface area contributed by atoms with Gasteiger partial charge in [-0.1, -0.05) is 78.3 Å². The molecule has 0 aliphatic carbocycles. The number of rotatable bonds is 2. The lowest BCUT2D eigenvalue weighted by atomic mass is 9.98. The van der Waals surface area contributed by atoms with Crippen LogP contribution in [-0.2, 0) is 0 Å². The zero-order valence-corrected chi connectivity index (χ0v) is 18.5. The highest BCUT2D eigenvalue weighted by atomic mass is 35.5. The molecule has 0 atom stereocenters. The van der Waals surface area contributed by atoms with Crippen LogP contribution in [0.15, 0.2) is 109 Å². The maximum Gasteiger partial charge on any atom is 0.0547 e. The third-order valence-electron chi connectivity index (χ3n) is 6.58. The summed E-state index contributed by atoms with van der Waals surface area (Å²) >= 11 is 6.22. The van der Waals surface area contributed by atoms with Gasteiger partial charge in [0.1, 0.15) is 0 Å². The lowest BCUT2D eigenvalue weighted by molar-refractivity contribution is 1.18. The standard InChI is InChI=1S/C30H19ClN2/c31-20-14-16-24-23-15-13-19(17-26(23)32-27(24)18-20)22-10-6-12-29-30(22)25-9-4-5-11-28(25)33(29)21-7-2-1-3-8-21/h1-18,32H. The van der Waals surface area contributed by atoms with E-state index in [0.29, 0.717) is 0 Å². The Hall–Kier alpha value is -4.01. The van der Waals surface area contributed by atoms with Crippen molar-refractivity contribution in [2.24, 2.45) is 0 Å². The summed E-state index contributed by atoms with van der Waals surface area (Å²) in [5.74, 6) is 0. The Morgan fingerprint density at radius 3 is 2.18 bits per heavy atom. The molecular formula is C30H19ClN2. The van der Waals surface area contributed by atoms with E-state index in [2.05, 4.69) is 107 Å². The van der Waals surface area contributed by atoms with Crippen molar-refractivity contribution in [1.82, 2.24) is 9.55 Å². The number of H-pyrrole nitrogens is 1. The third-order valence-corrected chi connectivity index (χ3v) is 6.82. The molecule has 0 unspecified atom stereocenters. The summed E-state index contributed by atoms with van der Waals surface area (Å²) in [5, 5.41) is 5.68. The van der Waals surface area contributed by atoms with Gasteiger partial charge in [-0.2, -0.15) is 0 Å². The summed E-state index contributed by atoms with van der Waals surface area (Å²) in [4.78, 5) is 3.56. The molecule has 3 heteroatoms. The number of hydrogen-bond donors (Lipinski definition) is 1. The van der Waals surface area contributed by atoms with E-state index in [1.807, 2.05) is 12.1 Å². The minimum atomic E-state index is 0.743. The van der Waals surface area contributed by atoms with Gasteiger partial charge in [0.05, 0.1) is 11.0 Å². The monoisotopic (exact) mass is 442 g/mol. The van der Waals surface area contributed by atoms with Crippen molar-refractivity contribution < 1.29 is 0 Å². The largest absolute Gasteiger partial charge is 0.354 e. The van der Waals surface area contributed by atoms with E-state index in [1.165, 1.54) is 49.4 Å². The molecule has 1 N–H and O–H groups in total. The van der Waals surface area contributed by atoms with Gasteiger partial charge in [-0.05, 0) is 53.6 Å². The number of nitrogens with zero attached hydrogens (tertiary/aromatic N) is 1. The molecule has 0 fully saturated rings. The maximum absolute atomic E-state index is 6.22. The predicted octanol–water partition coefficient (Wildman–Crippen LogP) is 8.74. The fourth-order valence-electron chi connectivity index (χ4n) is 5.17. The number of aromatic nitrogens is 2. The van der Waals surface area contributed by atoms with Crippen molar-refractivity contribution in [2.75, 3.05) is 0 Å². The molecule has 7 aromatic rings. The Kier molecular flexibility index (Phi) is 3.93. The molecule has 0 bridgehead atoms. The van der Waals surface area contributed by atoms with Crippen LogP contribution in [-0.4, -0.2) is 9.55 Å². The van der Waals surface area contributed by atoms with Crippen LogP contribution >= 0.6 is 11.6 Å². The van der Waals surface area contributed by atoms with E-state index < -0.39 is 0 Å². The average Bonchev–Trinajstić information content (AvgIpc) is 3.39. The minimum absolute atomic E-state index is 0.743. The lowest BCUT2D eigenvalue weighted by Crippen LogP contribution is -1.92. The molecule has 2 nitrogen and oxygen atoms in total. The highest BCUT2D eigenvalue weighted by Crippen LogP contribution is 2.39. The first-order valence-corrected chi connectivity index (χ1v) is 11.4. The number of nitrogens with one attached hydrogen (secondary N) is 1. The molecule has 2 heterocycles. The Morgan fingerprint density at radius 2 is 1.30 bits per heavy atom. The van der Waals surface area contributed by atoms with Crippen LogP contribution in [0, 0.1) is 0 Å². The summed E-state index contributed by atoms with van der Waals surface area (Å²) in [6.45, 7) is 0. The van der Waals surface area contributed by atoms with E-state index in [1.54, 1.807) is 0 Å². The molecule has 7 rings (SSSR count). The van der Waals surface area contributed by atoms with Crippen molar-refractivity contribution in [2.45, 2.75) is 0 Å². The van der Waals surface area contributed by atoms with Crippen molar-refractivity contribution in [3.63, 3.8) is 0 Å². The fourth-order valence-corrected chi connectivity index (χ4v) is 5.34. The minimum Gasteiger partial charge on any atom is -0.354 e. The second kappa shape index (κ2) is 6.99. The van der Waals surface area contributed by atoms with E-state index in [9.17, 15) is 0 Å². The summed E-state index contributed by atoms with van der Waals surface area (Å²) in [6.07, 6.45) is 0. The number of halogens is 1. The molecule has 0 saturated heterocycles. The quantitative estimate of drug-likeness (QED) is 0.276. The number of para-hydroxylation sites is 2. The molecule has 0 aliphatic rings. The summed E-state index contributed by atoms with van der Waals surface area (Å²) in [7, 11) is 0. The van der Waals surface area contributed by atoms with Gasteiger partial charge in [0.25, 0.3) is 0 Å². The molecule has 33 heavy (non-hydrogen) atoms. The summed E-state index contributed by atoms with van der Waals surface area (Å²) < 4.78 is 2.36. The Morgan fingerprint density at radius 1 is 0.576 bits per heavy atom. The van der Waals surface area contributed by atoms with Gasteiger partial charge in [-0.15, -0.1) is 0 Å². The van der Waals surface area contributed by atoms with Gasteiger partial charge in [0, 0.05) is 43.3 Å². The predicted molar refractivity (Wildman–Crippen MR) is 141 cm³/mol. The topological polar surface area (TPSA) is 20.7 Å². The molecule has 5 aromatic carbocycles. The van der Waals surface area contributed by atoms with E-state index in [4.69, 9.17) is 11.6 Å². The second-order valence-corrected chi connectivity index (χ2v) is 8.90. The summed E-state index contributed by atoms with van der Waals surface area (Å²) in [6, 6.07) is 38.6. The van der Waals surface area contributed by atoms with Crippen molar-refractivity contribution in [3.8, 4) is 16.8 Å². The highest BCUT2D eigenvalue weighted by molar-refractivity contribution is 6.31. The van der Waals surface area contributed by atoms with Crippen LogP contribution in [0.4, 0.5) is 0 Å². The van der Waals surface area contributed by atoms with Gasteiger partial charge < -0.3 is 9.55 Å². The van der Waals surface area contributed by atoms with Crippen LogP contribution in [0.25, 0.3) is 60.4 Å². The van der Waals surface area contributed by atoms with Crippen LogP contribution < -0.4 is 0 Å². The maximum atomic E-state index is 6.22. The first-order valence-electron chi connectivity index (χ1n) is 11.1. The molecule has 2 aromatic heterocycles. The van der Waals surface area contributed by atoms with Gasteiger partial charge >= 0.3 is 0 Å². The smallest absolute Gasteiger partial charge is 0.0547 e. The molecule has 156 valence electrons. The van der Waals surface area contributed by atoms with Crippen molar-refractivity contribution >= 4 is 55.2 Å². The van der Waals surface area contributed by atoms with E-state index in [0.717, 1.165) is 16.1 Å². The van der Waals surface area contributed by atoms with Crippen LogP contribution in [0.2, 0.25) is 5.02 Å². The van der Waals surface area contributed by atoms with Gasteiger partial charge in [-0.3, -0.25) is 0 Å². The molecule has 0 radical (unpaired) electrons. The van der Waals surface area contributed by atoms with E-state index in [-0.39, 0.29) is 0 Å². The van der Waals surface area contributed by atoms with Gasteiger partial charge in [0.2, 0.25) is 0 Å². The third kappa shape index (κ3) is 2.75. The zero-order chi connectivity index (χ0) is 21.9. The lowest BCUT2D eigenvalue weighted by Gasteiger charge is -2.08. The van der Waals surface area contributed by atoms with Crippen molar-refractivity contribution in [3.05, 3.63) is 114 Å². The van der Waals surface area contributed by atoms with Crippen LogP contribution in [0.1, 0.15) is 0 Å². The zero-order valence-electron chi connectivity index (χ0n) is 17.7. The molecule has 0 saturated carbocycles. The van der Waals surface area contributed by atoms with Gasteiger partial charge in [-0.25, -0.2) is 0 Å². The highest BCUT2D eigenvalue weighted by Gasteiger charge is 2.16. The molecule has 0 aliphatic heterocycles. The van der Waals surface area contributed by atoms with Crippen LogP contribution in [0.3, 0.4) is 0 Å². The number of benzene rings is 5. The number of aromatic amines is 1. The van der Waals surface area contributed by atoms with Gasteiger partial charge in [0.15, 0.2) is 0 Å². The first-order chi connectivity index (χ1) is 16.3. The number of hydrogen-bond acceptors (Lipinski definition) is 0.